The van der Waals surface area contributed by atoms with Crippen LogP contribution in [0.1, 0.15) is 40.1 Å². The first kappa shape index (κ1) is 21.7. The number of amides is 2. The van der Waals surface area contributed by atoms with E-state index in [2.05, 4.69) is 5.32 Å². The van der Waals surface area contributed by atoms with E-state index in [9.17, 15) is 18.0 Å². The summed E-state index contributed by atoms with van der Waals surface area (Å²) in [5.41, 5.74) is 7.64. The van der Waals surface area contributed by atoms with Gasteiger partial charge in [-0.15, -0.1) is 12.4 Å². The molecule has 150 valence electrons. The van der Waals surface area contributed by atoms with Crippen molar-refractivity contribution in [2.75, 3.05) is 12.3 Å². The SMILES string of the molecule is CC(C)N1C(=O)c2ccc(C(=O)NCCc3ccc(N)cc3)cc2S1(=O)=O.Cl. The normalized spacial score (nSPS) is 14.5. The number of carbonyl (C=O) groups is 2. The molecule has 0 aliphatic carbocycles. The maximum absolute atomic E-state index is 12.6. The molecule has 2 aromatic carbocycles. The highest BCUT2D eigenvalue weighted by atomic mass is 35.5. The molecular weight excluding hydrogens is 402 g/mol. The van der Waals surface area contributed by atoms with Crippen LogP contribution >= 0.6 is 12.4 Å². The first-order chi connectivity index (χ1) is 12.7. The Morgan fingerprint density at radius 3 is 2.39 bits per heavy atom. The van der Waals surface area contributed by atoms with Crippen molar-refractivity contribution in [2.24, 2.45) is 0 Å². The first-order valence-electron chi connectivity index (χ1n) is 8.57. The Balaban J connectivity index is 0.00000280. The summed E-state index contributed by atoms with van der Waals surface area (Å²) in [7, 11) is -3.93. The Bertz CT molecular complexity index is 1000. The van der Waals surface area contributed by atoms with Crippen LogP contribution in [0, 0.1) is 0 Å². The average Bonchev–Trinajstić information content (AvgIpc) is 2.82. The molecule has 1 aliphatic rings. The molecule has 9 heteroatoms. The van der Waals surface area contributed by atoms with Gasteiger partial charge in [0.25, 0.3) is 21.8 Å². The summed E-state index contributed by atoms with van der Waals surface area (Å²) in [4.78, 5) is 24.6. The summed E-state index contributed by atoms with van der Waals surface area (Å²) in [5.74, 6) is -0.950. The zero-order valence-electron chi connectivity index (χ0n) is 15.5. The van der Waals surface area contributed by atoms with E-state index in [0.717, 1.165) is 9.87 Å². The largest absolute Gasteiger partial charge is 0.399 e. The summed E-state index contributed by atoms with van der Waals surface area (Å²) in [6.07, 6.45) is 0.620. The lowest BCUT2D eigenvalue weighted by Crippen LogP contribution is -2.36. The van der Waals surface area contributed by atoms with Crippen LogP contribution in [-0.4, -0.2) is 37.1 Å². The molecular formula is C19H22ClN3O4S. The molecule has 0 spiro atoms. The Hall–Kier alpha value is -2.58. The smallest absolute Gasteiger partial charge is 0.269 e. The number of nitrogens with zero attached hydrogens (tertiary/aromatic N) is 1. The number of nitrogens with two attached hydrogens (primary N) is 1. The molecule has 2 amide bonds. The zero-order valence-corrected chi connectivity index (χ0v) is 17.1. The lowest BCUT2D eigenvalue weighted by molar-refractivity contribution is 0.0845. The van der Waals surface area contributed by atoms with Gasteiger partial charge in [-0.3, -0.25) is 9.59 Å². The molecule has 0 saturated carbocycles. The first-order valence-corrected chi connectivity index (χ1v) is 10.0. The molecule has 0 unspecified atom stereocenters. The zero-order chi connectivity index (χ0) is 19.8. The Kier molecular flexibility index (Phi) is 6.36. The minimum Gasteiger partial charge on any atom is -0.399 e. The van der Waals surface area contributed by atoms with Crippen molar-refractivity contribution in [2.45, 2.75) is 31.2 Å². The van der Waals surface area contributed by atoms with Crippen LogP contribution in [0.5, 0.6) is 0 Å². The third-order valence-electron chi connectivity index (χ3n) is 4.36. The van der Waals surface area contributed by atoms with Gasteiger partial charge in [-0.05, 0) is 56.2 Å². The number of carbonyl (C=O) groups excluding carboxylic acids is 2. The molecule has 0 aromatic heterocycles. The topological polar surface area (TPSA) is 110 Å². The Labute approximate surface area is 170 Å². The van der Waals surface area contributed by atoms with Gasteiger partial charge in [-0.2, -0.15) is 0 Å². The van der Waals surface area contributed by atoms with Gasteiger partial charge in [0.05, 0.1) is 5.56 Å². The molecule has 28 heavy (non-hydrogen) atoms. The maximum Gasteiger partial charge on any atom is 0.269 e. The highest BCUT2D eigenvalue weighted by Crippen LogP contribution is 2.32. The summed E-state index contributed by atoms with van der Waals surface area (Å²) in [5, 5.41) is 2.76. The van der Waals surface area contributed by atoms with Gasteiger partial charge in [0.1, 0.15) is 4.90 Å². The molecule has 0 atom stereocenters. The van der Waals surface area contributed by atoms with Crippen molar-refractivity contribution in [1.82, 2.24) is 9.62 Å². The summed E-state index contributed by atoms with van der Waals surface area (Å²) < 4.78 is 26.0. The van der Waals surface area contributed by atoms with E-state index in [4.69, 9.17) is 5.73 Å². The van der Waals surface area contributed by atoms with E-state index < -0.39 is 22.0 Å². The molecule has 0 fully saturated rings. The molecule has 3 rings (SSSR count). The third-order valence-corrected chi connectivity index (χ3v) is 6.36. The number of halogens is 1. The highest BCUT2D eigenvalue weighted by Gasteiger charge is 2.42. The molecule has 7 nitrogen and oxygen atoms in total. The number of sulfonamides is 1. The lowest BCUT2D eigenvalue weighted by Gasteiger charge is -2.18. The number of hydrogen-bond donors (Lipinski definition) is 2. The van der Waals surface area contributed by atoms with Gasteiger partial charge < -0.3 is 11.1 Å². The second-order valence-electron chi connectivity index (χ2n) is 6.66. The third kappa shape index (κ3) is 3.98. The van der Waals surface area contributed by atoms with Crippen molar-refractivity contribution < 1.29 is 18.0 Å². The molecule has 0 saturated heterocycles. The number of nitrogens with one attached hydrogen (secondary N) is 1. The average molecular weight is 424 g/mol. The Morgan fingerprint density at radius 1 is 1.14 bits per heavy atom. The molecule has 0 radical (unpaired) electrons. The van der Waals surface area contributed by atoms with E-state index in [1.54, 1.807) is 26.0 Å². The highest BCUT2D eigenvalue weighted by molar-refractivity contribution is 7.90. The number of nitrogen functional groups attached to an aromatic ring is 1. The van der Waals surface area contributed by atoms with Gasteiger partial charge in [-0.1, -0.05) is 12.1 Å². The second kappa shape index (κ2) is 8.20. The van der Waals surface area contributed by atoms with Crippen LogP contribution in [0.25, 0.3) is 0 Å². The fraction of sp³-hybridized carbons (Fsp3) is 0.263. The van der Waals surface area contributed by atoms with E-state index in [0.29, 0.717) is 18.7 Å². The quantitative estimate of drug-likeness (QED) is 0.716. The van der Waals surface area contributed by atoms with Gasteiger partial charge in [0.15, 0.2) is 0 Å². The van der Waals surface area contributed by atoms with E-state index >= 15 is 0 Å². The minimum atomic E-state index is -3.93. The van der Waals surface area contributed by atoms with Crippen molar-refractivity contribution in [3.8, 4) is 0 Å². The van der Waals surface area contributed by atoms with Crippen LogP contribution in [-0.2, 0) is 16.4 Å². The van der Waals surface area contributed by atoms with Gasteiger partial charge >= 0.3 is 0 Å². The number of anilines is 1. The number of benzene rings is 2. The molecule has 0 bridgehead atoms. The number of hydrogen-bond acceptors (Lipinski definition) is 5. The van der Waals surface area contributed by atoms with Crippen LogP contribution in [0.4, 0.5) is 5.69 Å². The summed E-state index contributed by atoms with van der Waals surface area (Å²) in [6, 6.07) is 11.0. The summed E-state index contributed by atoms with van der Waals surface area (Å²) in [6.45, 7) is 3.65. The van der Waals surface area contributed by atoms with Crippen LogP contribution in [0.3, 0.4) is 0 Å². The van der Waals surface area contributed by atoms with Gasteiger partial charge in [-0.25, -0.2) is 12.7 Å². The fourth-order valence-electron chi connectivity index (χ4n) is 3.01. The van der Waals surface area contributed by atoms with E-state index in [-0.39, 0.29) is 34.3 Å². The molecule has 1 heterocycles. The monoisotopic (exact) mass is 423 g/mol. The predicted octanol–water partition coefficient (Wildman–Crippen LogP) is 2.22. The predicted molar refractivity (Wildman–Crippen MR) is 109 cm³/mol. The second-order valence-corrected chi connectivity index (χ2v) is 8.44. The van der Waals surface area contributed by atoms with Crippen molar-refractivity contribution in [3.05, 3.63) is 59.2 Å². The Morgan fingerprint density at radius 2 is 1.79 bits per heavy atom. The molecule has 1 aliphatic heterocycles. The van der Waals surface area contributed by atoms with Crippen molar-refractivity contribution in [1.29, 1.82) is 0 Å². The maximum atomic E-state index is 12.6. The van der Waals surface area contributed by atoms with Crippen LogP contribution in [0.2, 0.25) is 0 Å². The minimum absolute atomic E-state index is 0. The van der Waals surface area contributed by atoms with Crippen LogP contribution in [0.15, 0.2) is 47.4 Å². The van der Waals surface area contributed by atoms with Crippen molar-refractivity contribution in [3.63, 3.8) is 0 Å². The van der Waals surface area contributed by atoms with Crippen molar-refractivity contribution >= 4 is 39.9 Å². The van der Waals surface area contributed by atoms with E-state index in [1.165, 1.54) is 18.2 Å². The summed E-state index contributed by atoms with van der Waals surface area (Å²) >= 11 is 0. The van der Waals surface area contributed by atoms with Gasteiger partial charge in [0.2, 0.25) is 0 Å². The van der Waals surface area contributed by atoms with Crippen LogP contribution < -0.4 is 11.1 Å². The lowest BCUT2D eigenvalue weighted by atomic mass is 10.1. The fourth-order valence-corrected chi connectivity index (χ4v) is 4.80. The number of fused-ring (bicyclic) bond motifs is 1. The molecule has 2 aromatic rings. The van der Waals surface area contributed by atoms with Gasteiger partial charge in [0, 0.05) is 23.8 Å². The van der Waals surface area contributed by atoms with E-state index in [1.807, 2.05) is 12.1 Å². The number of rotatable bonds is 5. The molecule has 3 N–H and O–H groups in total. The standard InChI is InChI=1S/C19H21N3O4S.ClH/c1-12(2)22-19(24)16-8-5-14(11-17(16)27(22,25)26)18(23)21-10-9-13-3-6-15(20)7-4-13;/h3-8,11-12H,9-10,20H2,1-2H3,(H,21,23);1H.